The second-order valence-electron chi connectivity index (χ2n) is 1.29. The summed E-state index contributed by atoms with van der Waals surface area (Å²) in [5, 5.41) is 0. The minimum absolute atomic E-state index is 0. The monoisotopic (exact) mass is 156 g/mol. The summed E-state index contributed by atoms with van der Waals surface area (Å²) < 4.78 is 27.6. The highest BCUT2D eigenvalue weighted by molar-refractivity contribution is 7.85. The van der Waals surface area contributed by atoms with Crippen LogP contribution in [0.1, 0.15) is 13.3 Å². The molecule has 0 unspecified atom stereocenters. The molecule has 1 N–H and O–H groups in total. The van der Waals surface area contributed by atoms with Crippen LogP contribution in [-0.4, -0.2) is 29.7 Å². The molecule has 0 aliphatic carbocycles. The second-order valence-corrected chi connectivity index (χ2v) is 2.86. The molecule has 0 spiro atoms. The van der Waals surface area contributed by atoms with Gasteiger partial charge in [-0.25, -0.2) is 0 Å². The van der Waals surface area contributed by atoms with E-state index in [9.17, 15) is 8.42 Å². The minimum Gasteiger partial charge on any atom is -0.286 e. The fourth-order valence-corrected chi connectivity index (χ4v) is 0.774. The van der Waals surface area contributed by atoms with Crippen LogP contribution in [0.4, 0.5) is 0 Å². The van der Waals surface area contributed by atoms with Crippen LogP contribution in [0, 0.1) is 0 Å². The Morgan fingerprint density at radius 1 is 1.50 bits per heavy atom. The maximum Gasteiger partial charge on any atom is 0.264 e. The van der Waals surface area contributed by atoms with Gasteiger partial charge in [0.1, 0.15) is 0 Å². The standard InChI is InChI=1S/C3H8O3S.H4Si/c1-2-3-7(4,5)6;/h2-3H2,1H3,(H,4,5,6);1H4. The third-order valence-corrected chi connectivity index (χ3v) is 1.39. The normalized spacial score (nSPS) is 10.2. The molecule has 8 heavy (non-hydrogen) atoms. The van der Waals surface area contributed by atoms with E-state index in [1.807, 2.05) is 0 Å². The Bertz CT molecular complexity index is 127. The Hall–Kier alpha value is 0.127. The van der Waals surface area contributed by atoms with Crippen LogP contribution in [0.25, 0.3) is 0 Å². The van der Waals surface area contributed by atoms with Crippen molar-refractivity contribution >= 4 is 21.1 Å². The number of hydrogen-bond donors (Lipinski definition) is 1. The van der Waals surface area contributed by atoms with Crippen molar-refractivity contribution < 1.29 is 13.0 Å². The van der Waals surface area contributed by atoms with E-state index in [4.69, 9.17) is 4.55 Å². The van der Waals surface area contributed by atoms with Crippen LogP contribution in [0.3, 0.4) is 0 Å². The molecule has 0 rings (SSSR count). The Balaban J connectivity index is 0. The molecule has 52 valence electrons. The lowest BCUT2D eigenvalue weighted by Crippen LogP contribution is -2.01. The maximum atomic E-state index is 9.79. The highest BCUT2D eigenvalue weighted by atomic mass is 32.2. The summed E-state index contributed by atoms with van der Waals surface area (Å²) in [6.45, 7) is 1.69. The smallest absolute Gasteiger partial charge is 0.264 e. The fraction of sp³-hybridized carbons (Fsp3) is 1.00. The van der Waals surface area contributed by atoms with Crippen molar-refractivity contribution in [3.63, 3.8) is 0 Å². The summed E-state index contributed by atoms with van der Waals surface area (Å²) in [6.07, 6.45) is 0.471. The third kappa shape index (κ3) is 9.46. The van der Waals surface area contributed by atoms with Gasteiger partial charge >= 0.3 is 0 Å². The average molecular weight is 156 g/mol. The van der Waals surface area contributed by atoms with Gasteiger partial charge in [0.05, 0.1) is 5.75 Å². The highest BCUT2D eigenvalue weighted by Crippen LogP contribution is 1.83. The van der Waals surface area contributed by atoms with Gasteiger partial charge in [-0.3, -0.25) is 4.55 Å². The van der Waals surface area contributed by atoms with Crippen LogP contribution in [0.2, 0.25) is 0 Å². The fourth-order valence-electron chi connectivity index (χ4n) is 0.258. The van der Waals surface area contributed by atoms with Crippen LogP contribution in [0.5, 0.6) is 0 Å². The van der Waals surface area contributed by atoms with E-state index in [2.05, 4.69) is 0 Å². The molecule has 0 heterocycles. The molecular formula is C3H12O3SSi. The largest absolute Gasteiger partial charge is 0.286 e. The highest BCUT2D eigenvalue weighted by Gasteiger charge is 1.98. The summed E-state index contributed by atoms with van der Waals surface area (Å²) in [5.41, 5.74) is 0. The lowest BCUT2D eigenvalue weighted by molar-refractivity contribution is 0.482. The Kier molecular flexibility index (Phi) is 5.57. The molecule has 3 nitrogen and oxygen atoms in total. The molecule has 0 saturated carbocycles. The Morgan fingerprint density at radius 3 is 1.88 bits per heavy atom. The van der Waals surface area contributed by atoms with Gasteiger partial charge in [-0.2, -0.15) is 8.42 Å². The molecule has 0 aromatic carbocycles. The molecule has 0 aromatic heterocycles. The van der Waals surface area contributed by atoms with Crippen molar-refractivity contribution in [2.24, 2.45) is 0 Å². The topological polar surface area (TPSA) is 54.4 Å². The molecular weight excluding hydrogens is 144 g/mol. The van der Waals surface area contributed by atoms with Gasteiger partial charge in [0.25, 0.3) is 10.1 Å². The lowest BCUT2D eigenvalue weighted by atomic mass is 10.6. The molecule has 0 amide bonds. The number of hydrogen-bond acceptors (Lipinski definition) is 2. The Morgan fingerprint density at radius 2 is 1.88 bits per heavy atom. The molecule has 0 bridgehead atoms. The predicted molar refractivity (Wildman–Crippen MR) is 38.0 cm³/mol. The van der Waals surface area contributed by atoms with Gasteiger partial charge in [-0.15, -0.1) is 0 Å². The first-order chi connectivity index (χ1) is 3.06. The molecule has 0 atom stereocenters. The predicted octanol–water partition coefficient (Wildman–Crippen LogP) is -1.17. The van der Waals surface area contributed by atoms with E-state index in [0.717, 1.165) is 0 Å². The SMILES string of the molecule is CCCS(=O)(=O)O.[SiH4]. The summed E-state index contributed by atoms with van der Waals surface area (Å²) >= 11 is 0. The van der Waals surface area contributed by atoms with E-state index in [1.54, 1.807) is 6.92 Å². The van der Waals surface area contributed by atoms with Gasteiger partial charge in [0, 0.05) is 0 Å². The van der Waals surface area contributed by atoms with Crippen molar-refractivity contribution in [1.82, 2.24) is 0 Å². The summed E-state index contributed by atoms with van der Waals surface area (Å²) in [6, 6.07) is 0. The van der Waals surface area contributed by atoms with Gasteiger partial charge in [0.15, 0.2) is 0 Å². The lowest BCUT2D eigenvalue weighted by Gasteiger charge is -1.85. The van der Waals surface area contributed by atoms with Crippen molar-refractivity contribution in [2.75, 3.05) is 5.75 Å². The van der Waals surface area contributed by atoms with Crippen molar-refractivity contribution in [1.29, 1.82) is 0 Å². The molecule has 0 aliphatic heterocycles. The Labute approximate surface area is 53.9 Å². The molecule has 0 radical (unpaired) electrons. The van der Waals surface area contributed by atoms with Gasteiger partial charge in [-0.05, 0) is 17.4 Å². The zero-order valence-electron chi connectivity index (χ0n) is 4.09. The van der Waals surface area contributed by atoms with E-state index < -0.39 is 10.1 Å². The first kappa shape index (κ1) is 11.0. The average Bonchev–Trinajstić information content (AvgIpc) is 1.30. The summed E-state index contributed by atoms with van der Waals surface area (Å²) in [4.78, 5) is 0. The number of rotatable bonds is 2. The first-order valence-electron chi connectivity index (χ1n) is 2.01. The molecule has 0 aromatic rings. The second kappa shape index (κ2) is 4.05. The van der Waals surface area contributed by atoms with Gasteiger partial charge in [0.2, 0.25) is 0 Å². The van der Waals surface area contributed by atoms with E-state index in [1.165, 1.54) is 0 Å². The third-order valence-electron chi connectivity index (χ3n) is 0.462. The summed E-state index contributed by atoms with van der Waals surface area (Å²) in [7, 11) is -3.67. The van der Waals surface area contributed by atoms with E-state index in [0.29, 0.717) is 6.42 Å². The van der Waals surface area contributed by atoms with Crippen LogP contribution in [0.15, 0.2) is 0 Å². The maximum absolute atomic E-state index is 9.79. The molecule has 5 heteroatoms. The van der Waals surface area contributed by atoms with Crippen LogP contribution >= 0.6 is 0 Å². The summed E-state index contributed by atoms with van der Waals surface area (Å²) in [5.74, 6) is -0.132. The molecule has 0 saturated heterocycles. The first-order valence-corrected chi connectivity index (χ1v) is 3.62. The molecule has 0 aliphatic rings. The van der Waals surface area contributed by atoms with Crippen LogP contribution < -0.4 is 0 Å². The van der Waals surface area contributed by atoms with E-state index in [-0.39, 0.29) is 16.7 Å². The quantitative estimate of drug-likeness (QED) is 0.405. The zero-order chi connectivity index (χ0) is 5.91. The van der Waals surface area contributed by atoms with Gasteiger partial charge < -0.3 is 0 Å². The van der Waals surface area contributed by atoms with E-state index >= 15 is 0 Å². The zero-order valence-corrected chi connectivity index (χ0v) is 4.90. The van der Waals surface area contributed by atoms with Crippen molar-refractivity contribution in [2.45, 2.75) is 13.3 Å². The van der Waals surface area contributed by atoms with Crippen molar-refractivity contribution in [3.05, 3.63) is 0 Å². The van der Waals surface area contributed by atoms with Crippen molar-refractivity contribution in [3.8, 4) is 0 Å². The van der Waals surface area contributed by atoms with Gasteiger partial charge in [-0.1, -0.05) is 6.92 Å². The minimum atomic E-state index is -3.67. The molecule has 0 fully saturated rings. The van der Waals surface area contributed by atoms with Crippen LogP contribution in [-0.2, 0) is 10.1 Å².